The Labute approximate surface area is 266 Å². The molecule has 1 atom stereocenters. The van der Waals surface area contributed by atoms with E-state index in [1.54, 1.807) is 70.6 Å². The first-order valence-electron chi connectivity index (χ1n) is 10.6. The smallest absolute Gasteiger partial charge is 0.315 e. The molecule has 0 radical (unpaired) electrons. The zero-order valence-electron chi connectivity index (χ0n) is 20.3. The molecule has 0 saturated heterocycles. The molecule has 36 heavy (non-hydrogen) atoms. The van der Waals surface area contributed by atoms with Gasteiger partial charge in [-0.3, -0.25) is 13.8 Å². The molecule has 0 rings (SSSR count). The number of aliphatic hydroxyl groups excluding tert-OH is 1. The SMILES string of the molecule is CCSCCS(=O)CSCSCSCSCSC(=O)CSCSCSCSCC(=O)OCCSCO. The van der Waals surface area contributed by atoms with E-state index in [2.05, 4.69) is 6.92 Å². The lowest BCUT2D eigenvalue weighted by Gasteiger charge is -2.05. The molecule has 0 aliphatic rings. The van der Waals surface area contributed by atoms with Crippen LogP contribution in [0.4, 0.5) is 0 Å². The first-order valence-corrected chi connectivity index (χ1v) is 24.7. The summed E-state index contributed by atoms with van der Waals surface area (Å²) in [4.78, 5) is 23.4. The van der Waals surface area contributed by atoms with Crippen molar-refractivity contribution < 1.29 is 23.6 Å². The van der Waals surface area contributed by atoms with E-state index in [1.165, 1.54) is 23.5 Å². The van der Waals surface area contributed by atoms with Gasteiger partial charge in [-0.15, -0.1) is 106 Å². The van der Waals surface area contributed by atoms with Gasteiger partial charge in [0, 0.05) is 63.7 Å². The second-order valence-corrected chi connectivity index (χ2v) is 21.9. The molecule has 214 valence electrons. The van der Waals surface area contributed by atoms with Crippen molar-refractivity contribution in [3.8, 4) is 0 Å². The maximum Gasteiger partial charge on any atom is 0.315 e. The molecule has 0 amide bonds. The molecule has 0 aliphatic carbocycles. The van der Waals surface area contributed by atoms with E-state index in [1.807, 2.05) is 35.3 Å². The molecule has 0 fully saturated rings. The van der Waals surface area contributed by atoms with E-state index >= 15 is 0 Å². The van der Waals surface area contributed by atoms with Crippen LogP contribution in [0.25, 0.3) is 0 Å². The van der Waals surface area contributed by atoms with E-state index in [-0.39, 0.29) is 17.0 Å². The van der Waals surface area contributed by atoms with Crippen molar-refractivity contribution >= 4 is 151 Å². The summed E-state index contributed by atoms with van der Waals surface area (Å²) in [6, 6.07) is 0. The Balaban J connectivity index is 3.28. The molecule has 0 aromatic heterocycles. The average Bonchev–Trinajstić information content (AvgIpc) is 2.86. The molecule has 0 aromatic rings. The van der Waals surface area contributed by atoms with Crippen LogP contribution in [0.2, 0.25) is 0 Å². The van der Waals surface area contributed by atoms with E-state index < -0.39 is 10.8 Å². The number of rotatable bonds is 28. The van der Waals surface area contributed by atoms with Crippen LogP contribution in [0.1, 0.15) is 6.92 Å². The number of carbonyl (C=O) groups is 2. The maximum absolute atomic E-state index is 12.0. The van der Waals surface area contributed by atoms with Crippen LogP contribution in [0.3, 0.4) is 0 Å². The summed E-state index contributed by atoms with van der Waals surface area (Å²) in [5, 5.41) is 16.2. The predicted molar refractivity (Wildman–Crippen MR) is 189 cm³/mol. The number of hydrogen-bond donors (Lipinski definition) is 1. The van der Waals surface area contributed by atoms with Crippen molar-refractivity contribution in [2.24, 2.45) is 0 Å². The van der Waals surface area contributed by atoms with Gasteiger partial charge >= 0.3 is 5.97 Å². The molecule has 0 heterocycles. The van der Waals surface area contributed by atoms with Crippen molar-refractivity contribution in [3.05, 3.63) is 0 Å². The minimum absolute atomic E-state index is 0.0511. The quantitative estimate of drug-likeness (QED) is 0.0541. The molecular formula is C19H36O5S12. The Hall–Kier alpha value is 3.10. The summed E-state index contributed by atoms with van der Waals surface area (Å²) in [5.41, 5.74) is 0. The second-order valence-electron chi connectivity index (χ2n) is 5.98. The maximum atomic E-state index is 12.0. The van der Waals surface area contributed by atoms with Gasteiger partial charge in [-0.2, -0.15) is 11.8 Å². The fourth-order valence-corrected chi connectivity index (χ4v) is 15.4. The first-order chi connectivity index (χ1) is 17.6. The van der Waals surface area contributed by atoms with Gasteiger partial charge in [0.2, 0.25) is 0 Å². The van der Waals surface area contributed by atoms with Crippen molar-refractivity contribution in [1.29, 1.82) is 0 Å². The van der Waals surface area contributed by atoms with Gasteiger partial charge < -0.3 is 9.84 Å². The Bertz CT molecular complexity index is 547. The van der Waals surface area contributed by atoms with Crippen molar-refractivity contribution in [2.45, 2.75) is 6.92 Å². The Morgan fingerprint density at radius 3 is 1.94 bits per heavy atom. The molecule has 0 saturated carbocycles. The van der Waals surface area contributed by atoms with Crippen LogP contribution in [-0.4, -0.2) is 108 Å². The fourth-order valence-electron chi connectivity index (χ4n) is 1.73. The Morgan fingerprint density at radius 2 is 1.31 bits per heavy atom. The lowest BCUT2D eigenvalue weighted by molar-refractivity contribution is -0.139. The fraction of sp³-hybridized carbons (Fsp3) is 0.895. The third kappa shape index (κ3) is 31.6. The molecule has 1 N–H and O–H groups in total. The highest BCUT2D eigenvalue weighted by Crippen LogP contribution is 2.25. The summed E-state index contributed by atoms with van der Waals surface area (Å²) >= 11 is 18.7. The Kier molecular flexibility index (Phi) is 35.4. The van der Waals surface area contributed by atoms with Crippen LogP contribution >= 0.6 is 129 Å². The summed E-state index contributed by atoms with van der Waals surface area (Å²) in [6.45, 7) is 2.48. The van der Waals surface area contributed by atoms with E-state index in [0.717, 1.165) is 57.9 Å². The molecular weight excluding hydrogens is 693 g/mol. The van der Waals surface area contributed by atoms with Gasteiger partial charge in [-0.25, -0.2) is 0 Å². The minimum atomic E-state index is -0.688. The van der Waals surface area contributed by atoms with Gasteiger partial charge in [0.15, 0.2) is 5.12 Å². The summed E-state index contributed by atoms with van der Waals surface area (Å²) in [6.07, 6.45) is 0. The normalized spacial score (nSPS) is 12.1. The summed E-state index contributed by atoms with van der Waals surface area (Å²) < 4.78 is 16.8. The standard InChI is InChI=1S/C19H36O5S12/c1-2-25-5-6-36(23)17-34-15-32-13-31-14-33-16-35-19(22)8-28-11-30-12-29-10-27-7-18(21)24-3-4-26-9-20/h20H,2-17H2,1H3. The van der Waals surface area contributed by atoms with Crippen LogP contribution in [0.5, 0.6) is 0 Å². The van der Waals surface area contributed by atoms with Gasteiger partial charge in [-0.05, 0) is 5.75 Å². The van der Waals surface area contributed by atoms with E-state index in [9.17, 15) is 13.8 Å². The van der Waals surface area contributed by atoms with Gasteiger partial charge in [0.05, 0.1) is 22.5 Å². The highest BCUT2D eigenvalue weighted by molar-refractivity contribution is 8.31. The minimum Gasteiger partial charge on any atom is -0.464 e. The largest absolute Gasteiger partial charge is 0.464 e. The van der Waals surface area contributed by atoms with Crippen LogP contribution in [-0.2, 0) is 25.1 Å². The monoisotopic (exact) mass is 728 g/mol. The van der Waals surface area contributed by atoms with Crippen LogP contribution in [0.15, 0.2) is 0 Å². The highest BCUT2D eigenvalue weighted by atomic mass is 32.3. The molecule has 0 aromatic carbocycles. The second kappa shape index (κ2) is 32.6. The van der Waals surface area contributed by atoms with Crippen molar-refractivity contribution in [3.63, 3.8) is 0 Å². The van der Waals surface area contributed by atoms with Gasteiger partial charge in [-0.1, -0.05) is 18.7 Å². The molecule has 0 bridgehead atoms. The first kappa shape index (κ1) is 39.1. The van der Waals surface area contributed by atoms with E-state index in [4.69, 9.17) is 9.84 Å². The highest BCUT2D eigenvalue weighted by Gasteiger charge is 2.05. The average molecular weight is 729 g/mol. The number of hydrogen-bond acceptors (Lipinski definition) is 16. The van der Waals surface area contributed by atoms with E-state index in [0.29, 0.717) is 23.9 Å². The van der Waals surface area contributed by atoms with Crippen molar-refractivity contribution in [2.75, 3.05) is 87.7 Å². The number of thioether (sulfide) groups is 11. The van der Waals surface area contributed by atoms with Crippen LogP contribution in [0, 0.1) is 0 Å². The van der Waals surface area contributed by atoms with Crippen molar-refractivity contribution in [1.82, 2.24) is 0 Å². The molecule has 0 spiro atoms. The zero-order valence-corrected chi connectivity index (χ0v) is 30.1. The predicted octanol–water partition coefficient (Wildman–Crippen LogP) is 6.50. The molecule has 0 aliphatic heterocycles. The summed E-state index contributed by atoms with van der Waals surface area (Å²) in [5.74, 6) is 4.28. The number of aliphatic hydroxyl groups is 1. The number of carbonyl (C=O) groups excluding carboxylic acids is 2. The topological polar surface area (TPSA) is 80.7 Å². The number of esters is 1. The number of ether oxygens (including phenoxy) is 1. The van der Waals surface area contributed by atoms with Gasteiger partial charge in [0.1, 0.15) is 6.61 Å². The summed E-state index contributed by atoms with van der Waals surface area (Å²) in [7, 11) is -0.688. The zero-order chi connectivity index (χ0) is 26.5. The lowest BCUT2D eigenvalue weighted by atomic mass is 10.8. The third-order valence-electron chi connectivity index (χ3n) is 3.20. The lowest BCUT2D eigenvalue weighted by Crippen LogP contribution is -2.10. The van der Waals surface area contributed by atoms with Gasteiger partial charge in [0.25, 0.3) is 0 Å². The molecule has 1 unspecified atom stereocenters. The Morgan fingerprint density at radius 1 is 0.722 bits per heavy atom. The third-order valence-corrected chi connectivity index (χ3v) is 18.1. The molecule has 5 nitrogen and oxygen atoms in total. The molecule has 17 heteroatoms. The van der Waals surface area contributed by atoms with Crippen LogP contribution < -0.4 is 0 Å².